The van der Waals surface area contributed by atoms with E-state index in [4.69, 9.17) is 10.8 Å². The average molecular weight is 187 g/mol. The van der Waals surface area contributed by atoms with E-state index in [1.807, 2.05) is 0 Å². The molecular weight excluding hydrogens is 166 g/mol. The highest BCUT2D eigenvalue weighted by Crippen LogP contribution is 2.39. The first-order valence-corrected chi connectivity index (χ1v) is 5.21. The van der Waals surface area contributed by atoms with Crippen LogP contribution in [0.5, 0.6) is 0 Å². The van der Waals surface area contributed by atoms with Crippen LogP contribution in [0.4, 0.5) is 0 Å². The molecule has 1 aliphatic rings. The molecule has 78 valence electrons. The van der Waals surface area contributed by atoms with Crippen molar-refractivity contribution in [2.24, 2.45) is 11.1 Å². The van der Waals surface area contributed by atoms with E-state index in [2.05, 4.69) is 0 Å². The molecule has 0 spiro atoms. The van der Waals surface area contributed by atoms with E-state index < -0.39 is 6.10 Å². The quantitative estimate of drug-likeness (QED) is 0.605. The smallest absolute Gasteiger partial charge is 0.0776 e. The largest absolute Gasteiger partial charge is 0.394 e. The molecule has 1 fully saturated rings. The molecule has 1 atom stereocenters. The number of aliphatic hydroxyl groups is 2. The zero-order valence-electron chi connectivity index (χ0n) is 8.21. The standard InChI is InChI=1S/C10H21NO2/c11-8-10(6-9(13)7-12)4-2-1-3-5-10/h9,12-13H,1-8,11H2. The maximum Gasteiger partial charge on any atom is 0.0776 e. The molecule has 0 aliphatic heterocycles. The van der Waals surface area contributed by atoms with Crippen LogP contribution in [0.3, 0.4) is 0 Å². The van der Waals surface area contributed by atoms with E-state index in [9.17, 15) is 5.11 Å². The first-order valence-electron chi connectivity index (χ1n) is 5.21. The van der Waals surface area contributed by atoms with Gasteiger partial charge >= 0.3 is 0 Å². The molecule has 0 amide bonds. The van der Waals surface area contributed by atoms with Crippen LogP contribution in [-0.4, -0.2) is 29.5 Å². The second-order valence-electron chi connectivity index (χ2n) is 4.31. The van der Waals surface area contributed by atoms with Crippen LogP contribution in [0.25, 0.3) is 0 Å². The van der Waals surface area contributed by atoms with Gasteiger partial charge in [0.15, 0.2) is 0 Å². The zero-order valence-corrected chi connectivity index (χ0v) is 8.21. The topological polar surface area (TPSA) is 66.5 Å². The first-order chi connectivity index (χ1) is 6.22. The van der Waals surface area contributed by atoms with E-state index in [1.165, 1.54) is 19.3 Å². The molecule has 0 saturated heterocycles. The van der Waals surface area contributed by atoms with Gasteiger partial charge in [-0.3, -0.25) is 0 Å². The number of aliphatic hydroxyl groups excluding tert-OH is 2. The fourth-order valence-corrected chi connectivity index (χ4v) is 2.36. The molecule has 0 heterocycles. The Bertz CT molecular complexity index is 144. The predicted molar refractivity (Wildman–Crippen MR) is 52.3 cm³/mol. The maximum atomic E-state index is 9.40. The molecule has 1 unspecified atom stereocenters. The molecule has 4 N–H and O–H groups in total. The summed E-state index contributed by atoms with van der Waals surface area (Å²) in [5.74, 6) is 0. The monoisotopic (exact) mass is 187 g/mol. The summed E-state index contributed by atoms with van der Waals surface area (Å²) in [4.78, 5) is 0. The summed E-state index contributed by atoms with van der Waals surface area (Å²) in [6, 6.07) is 0. The highest BCUT2D eigenvalue weighted by Gasteiger charge is 2.32. The van der Waals surface area contributed by atoms with Gasteiger partial charge in [-0.25, -0.2) is 0 Å². The minimum Gasteiger partial charge on any atom is -0.394 e. The normalized spacial score (nSPS) is 24.2. The number of hydrogen-bond donors (Lipinski definition) is 3. The van der Waals surface area contributed by atoms with Gasteiger partial charge in [0, 0.05) is 0 Å². The van der Waals surface area contributed by atoms with Crippen molar-refractivity contribution in [2.75, 3.05) is 13.2 Å². The minimum atomic E-state index is -0.582. The Morgan fingerprint density at radius 3 is 2.31 bits per heavy atom. The maximum absolute atomic E-state index is 9.40. The first kappa shape index (κ1) is 11.0. The Morgan fingerprint density at radius 2 is 1.85 bits per heavy atom. The lowest BCUT2D eigenvalue weighted by atomic mass is 9.71. The van der Waals surface area contributed by atoms with E-state index in [0.29, 0.717) is 13.0 Å². The van der Waals surface area contributed by atoms with Crippen LogP contribution >= 0.6 is 0 Å². The molecule has 0 aromatic heterocycles. The van der Waals surface area contributed by atoms with E-state index >= 15 is 0 Å². The lowest BCUT2D eigenvalue weighted by Gasteiger charge is -2.37. The summed E-state index contributed by atoms with van der Waals surface area (Å²) >= 11 is 0. The molecule has 3 heteroatoms. The molecule has 0 aromatic rings. The molecule has 1 aliphatic carbocycles. The van der Waals surface area contributed by atoms with Crippen molar-refractivity contribution < 1.29 is 10.2 Å². The number of hydrogen-bond acceptors (Lipinski definition) is 3. The SMILES string of the molecule is NCC1(CC(O)CO)CCCCC1. The molecular formula is C10H21NO2. The van der Waals surface area contributed by atoms with Gasteiger partial charge in [-0.1, -0.05) is 19.3 Å². The van der Waals surface area contributed by atoms with Gasteiger partial charge in [-0.15, -0.1) is 0 Å². The summed E-state index contributed by atoms with van der Waals surface area (Å²) in [5, 5.41) is 18.2. The minimum absolute atomic E-state index is 0.112. The van der Waals surface area contributed by atoms with Gasteiger partial charge in [0.25, 0.3) is 0 Å². The molecule has 1 rings (SSSR count). The highest BCUT2D eigenvalue weighted by atomic mass is 16.3. The Kier molecular flexibility index (Phi) is 4.16. The molecule has 0 aromatic carbocycles. The van der Waals surface area contributed by atoms with Gasteiger partial charge < -0.3 is 15.9 Å². The van der Waals surface area contributed by atoms with E-state index in [1.54, 1.807) is 0 Å². The average Bonchev–Trinajstić information content (AvgIpc) is 2.19. The van der Waals surface area contributed by atoms with E-state index in [0.717, 1.165) is 12.8 Å². The van der Waals surface area contributed by atoms with E-state index in [-0.39, 0.29) is 12.0 Å². The zero-order chi connectivity index (χ0) is 9.73. The molecule has 13 heavy (non-hydrogen) atoms. The predicted octanol–water partition coefficient (Wildman–Crippen LogP) is 0.639. The van der Waals surface area contributed by atoms with Crippen molar-refractivity contribution in [3.05, 3.63) is 0 Å². The second-order valence-corrected chi connectivity index (χ2v) is 4.31. The van der Waals surface area contributed by atoms with Gasteiger partial charge in [0.2, 0.25) is 0 Å². The van der Waals surface area contributed by atoms with Crippen LogP contribution < -0.4 is 5.73 Å². The molecule has 0 bridgehead atoms. The highest BCUT2D eigenvalue weighted by molar-refractivity contribution is 4.85. The fraction of sp³-hybridized carbons (Fsp3) is 1.00. The van der Waals surface area contributed by atoms with Crippen LogP contribution in [-0.2, 0) is 0 Å². The van der Waals surface area contributed by atoms with Crippen molar-refractivity contribution in [1.29, 1.82) is 0 Å². The summed E-state index contributed by atoms with van der Waals surface area (Å²) in [5.41, 5.74) is 5.86. The van der Waals surface area contributed by atoms with Crippen molar-refractivity contribution in [2.45, 2.75) is 44.6 Å². The van der Waals surface area contributed by atoms with Gasteiger partial charge in [0.05, 0.1) is 12.7 Å². The number of nitrogens with two attached hydrogens (primary N) is 1. The molecule has 0 radical (unpaired) electrons. The van der Waals surface area contributed by atoms with Crippen molar-refractivity contribution in [1.82, 2.24) is 0 Å². The van der Waals surface area contributed by atoms with Gasteiger partial charge in [-0.2, -0.15) is 0 Å². The Labute approximate surface area is 79.9 Å². The van der Waals surface area contributed by atoms with Gasteiger partial charge in [-0.05, 0) is 31.2 Å². The van der Waals surface area contributed by atoms with Crippen LogP contribution in [0.2, 0.25) is 0 Å². The van der Waals surface area contributed by atoms with Crippen LogP contribution in [0.15, 0.2) is 0 Å². The fourth-order valence-electron chi connectivity index (χ4n) is 2.36. The summed E-state index contributed by atoms with van der Waals surface area (Å²) in [6.45, 7) is 0.506. The Hall–Kier alpha value is -0.120. The third-order valence-corrected chi connectivity index (χ3v) is 3.23. The Balaban J connectivity index is 2.47. The van der Waals surface area contributed by atoms with Crippen molar-refractivity contribution >= 4 is 0 Å². The summed E-state index contributed by atoms with van der Waals surface area (Å²) in [7, 11) is 0. The number of rotatable bonds is 4. The molecule has 3 nitrogen and oxygen atoms in total. The lowest BCUT2D eigenvalue weighted by molar-refractivity contribution is 0.0344. The Morgan fingerprint density at radius 1 is 1.23 bits per heavy atom. The van der Waals surface area contributed by atoms with Crippen LogP contribution in [0, 0.1) is 5.41 Å². The third kappa shape index (κ3) is 2.93. The molecule has 1 saturated carbocycles. The van der Waals surface area contributed by atoms with Crippen LogP contribution in [0.1, 0.15) is 38.5 Å². The van der Waals surface area contributed by atoms with Crippen molar-refractivity contribution in [3.8, 4) is 0 Å². The summed E-state index contributed by atoms with van der Waals surface area (Å²) in [6.07, 6.45) is 6.03. The van der Waals surface area contributed by atoms with Gasteiger partial charge in [0.1, 0.15) is 0 Å². The third-order valence-electron chi connectivity index (χ3n) is 3.23. The lowest BCUT2D eigenvalue weighted by Crippen LogP contribution is -2.37. The van der Waals surface area contributed by atoms with Crippen molar-refractivity contribution in [3.63, 3.8) is 0 Å². The second kappa shape index (κ2) is 4.94. The summed E-state index contributed by atoms with van der Waals surface area (Å²) < 4.78 is 0.